The number of aromatic nitrogens is 2. The van der Waals surface area contributed by atoms with Crippen LogP contribution in [0.1, 0.15) is 5.69 Å². The molecular formula is C8H6BrFN2. The molecule has 0 saturated carbocycles. The van der Waals surface area contributed by atoms with E-state index in [0.717, 1.165) is 11.1 Å². The number of hydrogen-bond acceptors (Lipinski definition) is 1. The number of fused-ring (bicyclic) bond motifs is 1. The molecule has 62 valence electrons. The van der Waals surface area contributed by atoms with Crippen molar-refractivity contribution < 1.29 is 4.39 Å². The molecule has 0 fully saturated rings. The van der Waals surface area contributed by atoms with Crippen LogP contribution in [0.3, 0.4) is 0 Å². The normalized spacial score (nSPS) is 10.8. The van der Waals surface area contributed by atoms with Crippen molar-refractivity contribution in [1.82, 2.24) is 10.2 Å². The lowest BCUT2D eigenvalue weighted by Gasteiger charge is -1.90. The summed E-state index contributed by atoms with van der Waals surface area (Å²) in [7, 11) is 0. The van der Waals surface area contributed by atoms with E-state index in [2.05, 4.69) is 26.1 Å². The quantitative estimate of drug-likeness (QED) is 0.748. The molecule has 0 radical (unpaired) electrons. The van der Waals surface area contributed by atoms with E-state index < -0.39 is 0 Å². The second-order valence-corrected chi connectivity index (χ2v) is 3.06. The first kappa shape index (κ1) is 7.73. The number of nitrogens with one attached hydrogen (secondary N) is 1. The molecule has 1 heterocycles. The summed E-state index contributed by atoms with van der Waals surface area (Å²) in [5, 5.41) is 8.45. The predicted molar refractivity (Wildman–Crippen MR) is 48.7 cm³/mol. The van der Waals surface area contributed by atoms with Gasteiger partial charge in [-0.1, -0.05) is 15.9 Å². The smallest absolute Gasteiger partial charge is 0.125 e. The van der Waals surface area contributed by atoms with Gasteiger partial charge in [-0.05, 0) is 12.1 Å². The summed E-state index contributed by atoms with van der Waals surface area (Å²) in [4.78, 5) is 0. The summed E-state index contributed by atoms with van der Waals surface area (Å²) >= 11 is 3.31. The topological polar surface area (TPSA) is 28.7 Å². The van der Waals surface area contributed by atoms with Gasteiger partial charge in [0.1, 0.15) is 5.82 Å². The molecule has 2 rings (SSSR count). The Labute approximate surface area is 76.9 Å². The lowest BCUT2D eigenvalue weighted by atomic mass is 10.2. The molecule has 0 spiro atoms. The molecule has 0 atom stereocenters. The Bertz CT molecular complexity index is 410. The summed E-state index contributed by atoms with van der Waals surface area (Å²) in [5.41, 5.74) is 1.65. The first-order valence-electron chi connectivity index (χ1n) is 3.50. The van der Waals surface area contributed by atoms with Gasteiger partial charge in [-0.15, -0.1) is 0 Å². The summed E-state index contributed by atoms with van der Waals surface area (Å²) in [5.74, 6) is -0.255. The molecule has 0 aliphatic rings. The van der Waals surface area contributed by atoms with E-state index in [0.29, 0.717) is 10.8 Å². The van der Waals surface area contributed by atoms with E-state index in [-0.39, 0.29) is 5.82 Å². The van der Waals surface area contributed by atoms with Gasteiger partial charge >= 0.3 is 0 Å². The molecule has 1 N–H and O–H groups in total. The molecule has 4 heteroatoms. The average molecular weight is 229 g/mol. The van der Waals surface area contributed by atoms with E-state index in [1.807, 2.05) is 0 Å². The van der Waals surface area contributed by atoms with Crippen LogP contribution in [0.4, 0.5) is 4.39 Å². The Kier molecular flexibility index (Phi) is 1.84. The van der Waals surface area contributed by atoms with Crippen molar-refractivity contribution in [3.63, 3.8) is 0 Å². The Morgan fingerprint density at radius 1 is 1.50 bits per heavy atom. The summed E-state index contributed by atoms with van der Waals surface area (Å²) in [6.45, 7) is 0. The Balaban J connectivity index is 2.73. The summed E-state index contributed by atoms with van der Waals surface area (Å²) in [6.07, 6.45) is 0. The Morgan fingerprint density at radius 2 is 2.33 bits per heavy atom. The Hall–Kier alpha value is -0.900. The van der Waals surface area contributed by atoms with Gasteiger partial charge in [-0.3, -0.25) is 5.10 Å². The molecule has 1 aromatic carbocycles. The molecule has 12 heavy (non-hydrogen) atoms. The monoisotopic (exact) mass is 228 g/mol. The van der Waals surface area contributed by atoms with Crippen LogP contribution in [0, 0.1) is 5.82 Å². The highest BCUT2D eigenvalue weighted by Crippen LogP contribution is 2.18. The predicted octanol–water partition coefficient (Wildman–Crippen LogP) is 2.60. The minimum absolute atomic E-state index is 0.255. The second kappa shape index (κ2) is 2.86. The van der Waals surface area contributed by atoms with E-state index in [1.54, 1.807) is 6.07 Å². The number of nitrogens with zero attached hydrogens (tertiary/aromatic N) is 1. The van der Waals surface area contributed by atoms with Crippen LogP contribution in [0.15, 0.2) is 18.2 Å². The van der Waals surface area contributed by atoms with Gasteiger partial charge in [0.25, 0.3) is 0 Å². The zero-order chi connectivity index (χ0) is 8.55. The van der Waals surface area contributed by atoms with E-state index >= 15 is 0 Å². The third-order valence-electron chi connectivity index (χ3n) is 1.73. The Morgan fingerprint density at radius 3 is 3.08 bits per heavy atom. The fourth-order valence-corrected chi connectivity index (χ4v) is 1.57. The number of benzene rings is 1. The molecule has 2 nitrogen and oxygen atoms in total. The first-order chi connectivity index (χ1) is 5.81. The van der Waals surface area contributed by atoms with Crippen molar-refractivity contribution >= 4 is 26.8 Å². The van der Waals surface area contributed by atoms with Crippen LogP contribution in [-0.2, 0) is 5.33 Å². The number of alkyl halides is 1. The molecule has 0 aliphatic carbocycles. The van der Waals surface area contributed by atoms with Gasteiger partial charge in [0.2, 0.25) is 0 Å². The maximum atomic E-state index is 12.7. The van der Waals surface area contributed by atoms with Crippen LogP contribution in [0.5, 0.6) is 0 Å². The number of rotatable bonds is 1. The number of aromatic amines is 1. The standard InChI is InChI=1S/C8H6BrFN2/c9-4-8-6-2-1-5(10)3-7(6)11-12-8/h1-3H,4H2,(H,11,12). The van der Waals surface area contributed by atoms with Gasteiger partial charge in [-0.2, -0.15) is 5.10 Å². The van der Waals surface area contributed by atoms with Crippen LogP contribution >= 0.6 is 15.9 Å². The van der Waals surface area contributed by atoms with Crippen LogP contribution in [0.25, 0.3) is 10.9 Å². The van der Waals surface area contributed by atoms with Crippen molar-refractivity contribution in [3.8, 4) is 0 Å². The molecule has 0 unspecified atom stereocenters. The van der Waals surface area contributed by atoms with Gasteiger partial charge < -0.3 is 0 Å². The van der Waals surface area contributed by atoms with Gasteiger partial charge in [0, 0.05) is 16.8 Å². The molecular weight excluding hydrogens is 223 g/mol. The van der Waals surface area contributed by atoms with Crippen molar-refractivity contribution in [3.05, 3.63) is 29.7 Å². The first-order valence-corrected chi connectivity index (χ1v) is 4.62. The van der Waals surface area contributed by atoms with E-state index in [1.165, 1.54) is 12.1 Å². The van der Waals surface area contributed by atoms with Crippen molar-refractivity contribution in [2.75, 3.05) is 0 Å². The fourth-order valence-electron chi connectivity index (χ4n) is 1.14. The third-order valence-corrected chi connectivity index (χ3v) is 2.29. The van der Waals surface area contributed by atoms with Crippen molar-refractivity contribution in [1.29, 1.82) is 0 Å². The van der Waals surface area contributed by atoms with Gasteiger partial charge in [0.05, 0.1) is 11.2 Å². The summed E-state index contributed by atoms with van der Waals surface area (Å²) < 4.78 is 12.7. The highest BCUT2D eigenvalue weighted by atomic mass is 79.9. The van der Waals surface area contributed by atoms with Crippen molar-refractivity contribution in [2.24, 2.45) is 0 Å². The lowest BCUT2D eigenvalue weighted by Crippen LogP contribution is -1.76. The highest BCUT2D eigenvalue weighted by molar-refractivity contribution is 9.08. The SMILES string of the molecule is Fc1ccc2c(CBr)[nH]nc2c1. The number of hydrogen-bond donors (Lipinski definition) is 1. The molecule has 0 amide bonds. The molecule has 0 bridgehead atoms. The minimum Gasteiger partial charge on any atom is -0.280 e. The van der Waals surface area contributed by atoms with Crippen LogP contribution in [0.2, 0.25) is 0 Å². The highest BCUT2D eigenvalue weighted by Gasteiger charge is 2.03. The lowest BCUT2D eigenvalue weighted by molar-refractivity contribution is 0.629. The summed E-state index contributed by atoms with van der Waals surface area (Å²) in [6, 6.07) is 4.58. The van der Waals surface area contributed by atoms with E-state index in [9.17, 15) is 4.39 Å². The van der Waals surface area contributed by atoms with Crippen LogP contribution in [-0.4, -0.2) is 10.2 Å². The zero-order valence-electron chi connectivity index (χ0n) is 6.14. The van der Waals surface area contributed by atoms with Gasteiger partial charge in [-0.25, -0.2) is 4.39 Å². The van der Waals surface area contributed by atoms with E-state index in [4.69, 9.17) is 0 Å². The van der Waals surface area contributed by atoms with Crippen LogP contribution < -0.4 is 0 Å². The van der Waals surface area contributed by atoms with Crippen molar-refractivity contribution in [2.45, 2.75) is 5.33 Å². The molecule has 1 aromatic heterocycles. The fraction of sp³-hybridized carbons (Fsp3) is 0.125. The number of H-pyrrole nitrogens is 1. The zero-order valence-corrected chi connectivity index (χ0v) is 7.73. The molecule has 0 aliphatic heterocycles. The molecule has 0 saturated heterocycles. The molecule has 2 aromatic rings. The maximum Gasteiger partial charge on any atom is 0.125 e. The third kappa shape index (κ3) is 1.12. The average Bonchev–Trinajstić information content (AvgIpc) is 2.46. The van der Waals surface area contributed by atoms with Gasteiger partial charge in [0.15, 0.2) is 0 Å². The maximum absolute atomic E-state index is 12.7. The minimum atomic E-state index is -0.255. The number of halogens is 2. The second-order valence-electron chi connectivity index (χ2n) is 2.50. The largest absolute Gasteiger partial charge is 0.280 e.